The van der Waals surface area contributed by atoms with E-state index in [1.54, 1.807) is 0 Å². The lowest BCUT2D eigenvalue weighted by Gasteiger charge is -2.37. The van der Waals surface area contributed by atoms with Crippen LogP contribution in [0.2, 0.25) is 0 Å². The van der Waals surface area contributed by atoms with Crippen molar-refractivity contribution >= 4 is 11.8 Å². The normalized spacial score (nSPS) is 36.4. The van der Waals surface area contributed by atoms with Crippen LogP contribution in [0.15, 0.2) is 0 Å². The maximum atomic E-state index is 5.93. The van der Waals surface area contributed by atoms with E-state index in [4.69, 9.17) is 5.73 Å². The van der Waals surface area contributed by atoms with E-state index in [-0.39, 0.29) is 0 Å². The quantitative estimate of drug-likeness (QED) is 0.758. The van der Waals surface area contributed by atoms with Crippen LogP contribution in [0.25, 0.3) is 0 Å². The molecule has 2 unspecified atom stereocenters. The van der Waals surface area contributed by atoms with Crippen molar-refractivity contribution in [1.29, 1.82) is 0 Å². The van der Waals surface area contributed by atoms with Crippen molar-refractivity contribution in [3.63, 3.8) is 0 Å². The van der Waals surface area contributed by atoms with E-state index in [1.807, 2.05) is 0 Å². The fraction of sp³-hybridized carbons (Fsp3) is 1.00. The van der Waals surface area contributed by atoms with Gasteiger partial charge in [-0.15, -0.1) is 0 Å². The van der Waals surface area contributed by atoms with Crippen molar-refractivity contribution in [2.45, 2.75) is 49.4 Å². The largest absolute Gasteiger partial charge is 0.328 e. The lowest BCUT2D eigenvalue weighted by atomic mass is 10.0. The van der Waals surface area contributed by atoms with Gasteiger partial charge in [0.2, 0.25) is 0 Å². The van der Waals surface area contributed by atoms with E-state index < -0.39 is 0 Å². The maximum absolute atomic E-state index is 5.93. The first-order chi connectivity index (χ1) is 6.81. The highest BCUT2D eigenvalue weighted by Crippen LogP contribution is 2.33. The molecule has 3 heteroatoms. The molecule has 1 aliphatic heterocycles. The molecule has 0 aromatic heterocycles. The number of thioether (sulfide) groups is 1. The molecular formula is C11H22N2S. The van der Waals surface area contributed by atoms with E-state index in [2.05, 4.69) is 22.9 Å². The van der Waals surface area contributed by atoms with Crippen LogP contribution in [0, 0.1) is 0 Å². The molecule has 0 aromatic rings. The maximum Gasteiger partial charge on any atom is 0.0214 e. The number of nitrogens with zero attached hydrogens (tertiary/aromatic N) is 1. The molecule has 14 heavy (non-hydrogen) atoms. The van der Waals surface area contributed by atoms with E-state index in [9.17, 15) is 0 Å². The van der Waals surface area contributed by atoms with Gasteiger partial charge in [-0.1, -0.05) is 6.42 Å². The molecule has 2 rings (SSSR count). The number of rotatable bonds is 2. The molecule has 0 amide bonds. The Morgan fingerprint density at radius 1 is 1.14 bits per heavy atom. The van der Waals surface area contributed by atoms with E-state index >= 15 is 0 Å². The van der Waals surface area contributed by atoms with Crippen molar-refractivity contribution < 1.29 is 0 Å². The highest BCUT2D eigenvalue weighted by molar-refractivity contribution is 7.99. The van der Waals surface area contributed by atoms with Gasteiger partial charge in [0.25, 0.3) is 0 Å². The van der Waals surface area contributed by atoms with Gasteiger partial charge in [-0.3, -0.25) is 4.90 Å². The molecular weight excluding hydrogens is 192 g/mol. The highest BCUT2D eigenvalue weighted by Gasteiger charge is 2.32. The molecule has 1 saturated heterocycles. The van der Waals surface area contributed by atoms with Crippen LogP contribution in [0.1, 0.15) is 32.1 Å². The summed E-state index contributed by atoms with van der Waals surface area (Å²) < 4.78 is 0. The van der Waals surface area contributed by atoms with E-state index in [1.165, 1.54) is 45.2 Å². The zero-order chi connectivity index (χ0) is 9.97. The lowest BCUT2D eigenvalue weighted by Crippen LogP contribution is -2.47. The number of nitrogens with two attached hydrogens (primary N) is 1. The smallest absolute Gasteiger partial charge is 0.0214 e. The van der Waals surface area contributed by atoms with Crippen LogP contribution in [0.3, 0.4) is 0 Å². The molecule has 1 heterocycles. The minimum Gasteiger partial charge on any atom is -0.328 e. The third-order valence-electron chi connectivity index (χ3n) is 3.76. The predicted molar refractivity (Wildman–Crippen MR) is 63.7 cm³/mol. The van der Waals surface area contributed by atoms with Gasteiger partial charge < -0.3 is 5.73 Å². The standard InChI is InChI=1S/C11H22N2S/c1-14-11-4-2-3-10(11)13-7-5-9(12)6-8-13/h9-11H,2-8,12H2,1H3. The summed E-state index contributed by atoms with van der Waals surface area (Å²) in [6.07, 6.45) is 8.95. The summed E-state index contributed by atoms with van der Waals surface area (Å²) in [5, 5.41) is 0.893. The average Bonchev–Trinajstić information content (AvgIpc) is 2.67. The lowest BCUT2D eigenvalue weighted by molar-refractivity contribution is 0.158. The highest BCUT2D eigenvalue weighted by atomic mass is 32.2. The Kier molecular flexibility index (Phi) is 3.74. The Morgan fingerprint density at radius 3 is 2.50 bits per heavy atom. The molecule has 0 aromatic carbocycles. The summed E-state index contributed by atoms with van der Waals surface area (Å²) in [4.78, 5) is 2.69. The summed E-state index contributed by atoms with van der Waals surface area (Å²) in [5.41, 5.74) is 5.93. The summed E-state index contributed by atoms with van der Waals surface area (Å²) in [6, 6.07) is 1.33. The first-order valence-corrected chi connectivity index (χ1v) is 7.12. The minimum atomic E-state index is 0.473. The van der Waals surface area contributed by atoms with Crippen molar-refractivity contribution in [3.05, 3.63) is 0 Å². The number of hydrogen-bond donors (Lipinski definition) is 1. The molecule has 2 fully saturated rings. The van der Waals surface area contributed by atoms with Crippen molar-refractivity contribution in [2.75, 3.05) is 19.3 Å². The molecule has 0 spiro atoms. The van der Waals surface area contributed by atoms with Crippen molar-refractivity contribution in [1.82, 2.24) is 4.90 Å². The first kappa shape index (κ1) is 10.8. The second-order valence-electron chi connectivity index (χ2n) is 4.65. The molecule has 2 N–H and O–H groups in total. The molecule has 0 radical (unpaired) electrons. The predicted octanol–water partition coefficient (Wildman–Crippen LogP) is 1.69. The molecule has 82 valence electrons. The van der Waals surface area contributed by atoms with Gasteiger partial charge >= 0.3 is 0 Å². The fourth-order valence-corrected chi connectivity index (χ4v) is 3.87. The number of hydrogen-bond acceptors (Lipinski definition) is 3. The fourth-order valence-electron chi connectivity index (χ4n) is 2.85. The van der Waals surface area contributed by atoms with Crippen LogP contribution in [0.4, 0.5) is 0 Å². The molecule has 0 bridgehead atoms. The minimum absolute atomic E-state index is 0.473. The zero-order valence-corrected chi connectivity index (χ0v) is 9.93. The first-order valence-electron chi connectivity index (χ1n) is 5.83. The van der Waals surface area contributed by atoms with Crippen LogP contribution < -0.4 is 5.73 Å². The Bertz CT molecular complexity index is 178. The third kappa shape index (κ3) is 2.26. The van der Waals surface area contributed by atoms with Crippen molar-refractivity contribution in [2.24, 2.45) is 5.73 Å². The third-order valence-corrected chi connectivity index (χ3v) is 4.92. The van der Waals surface area contributed by atoms with E-state index in [0.717, 1.165) is 11.3 Å². The Morgan fingerprint density at radius 2 is 1.86 bits per heavy atom. The molecule has 1 aliphatic carbocycles. The van der Waals surface area contributed by atoms with Crippen LogP contribution >= 0.6 is 11.8 Å². The SMILES string of the molecule is CSC1CCCC1N1CCC(N)CC1. The molecule has 1 saturated carbocycles. The second-order valence-corrected chi connectivity index (χ2v) is 5.72. The second kappa shape index (κ2) is 4.86. The summed E-state index contributed by atoms with van der Waals surface area (Å²) in [5.74, 6) is 0. The molecule has 2 nitrogen and oxygen atoms in total. The molecule has 2 aliphatic rings. The van der Waals surface area contributed by atoms with Gasteiger partial charge in [-0.05, 0) is 45.0 Å². The average molecular weight is 214 g/mol. The van der Waals surface area contributed by atoms with Gasteiger partial charge in [0.05, 0.1) is 0 Å². The Labute approximate surface area is 91.6 Å². The van der Waals surface area contributed by atoms with E-state index in [0.29, 0.717) is 6.04 Å². The van der Waals surface area contributed by atoms with Crippen LogP contribution in [0.5, 0.6) is 0 Å². The van der Waals surface area contributed by atoms with Crippen LogP contribution in [-0.4, -0.2) is 41.6 Å². The molecule has 2 atom stereocenters. The van der Waals surface area contributed by atoms with Crippen LogP contribution in [-0.2, 0) is 0 Å². The summed E-state index contributed by atoms with van der Waals surface area (Å²) in [7, 11) is 0. The van der Waals surface area contributed by atoms with Gasteiger partial charge in [-0.25, -0.2) is 0 Å². The van der Waals surface area contributed by atoms with Crippen molar-refractivity contribution in [3.8, 4) is 0 Å². The van der Waals surface area contributed by atoms with Gasteiger partial charge in [0.1, 0.15) is 0 Å². The zero-order valence-electron chi connectivity index (χ0n) is 9.11. The Hall–Kier alpha value is 0.270. The van der Waals surface area contributed by atoms with Gasteiger partial charge in [0.15, 0.2) is 0 Å². The van der Waals surface area contributed by atoms with Gasteiger partial charge in [-0.2, -0.15) is 11.8 Å². The topological polar surface area (TPSA) is 29.3 Å². The number of likely N-dealkylation sites (tertiary alicyclic amines) is 1. The number of piperidine rings is 1. The monoisotopic (exact) mass is 214 g/mol. The van der Waals surface area contributed by atoms with Gasteiger partial charge in [0, 0.05) is 17.3 Å². The Balaban J connectivity index is 1.88. The summed E-state index contributed by atoms with van der Waals surface area (Å²) in [6.45, 7) is 2.48. The summed E-state index contributed by atoms with van der Waals surface area (Å²) >= 11 is 2.06.